The Hall–Kier alpha value is -2.63. The Labute approximate surface area is 128 Å². The number of piperidine rings is 1. The Morgan fingerprint density at radius 2 is 1.86 bits per heavy atom. The Morgan fingerprint density at radius 3 is 2.50 bits per heavy atom. The SMILES string of the molecule is NC(=O)C1CCN(C(=O)c2cc(-c3ccccc3)n[nH]2)CC1. The van der Waals surface area contributed by atoms with Crippen LogP contribution in [0.15, 0.2) is 36.4 Å². The number of nitrogens with one attached hydrogen (secondary N) is 1. The van der Waals surface area contributed by atoms with Crippen LogP contribution in [0.5, 0.6) is 0 Å². The lowest BCUT2D eigenvalue weighted by atomic mass is 9.96. The van der Waals surface area contributed by atoms with Gasteiger partial charge in [-0.1, -0.05) is 30.3 Å². The molecule has 0 spiro atoms. The number of rotatable bonds is 3. The van der Waals surface area contributed by atoms with E-state index < -0.39 is 0 Å². The summed E-state index contributed by atoms with van der Waals surface area (Å²) in [5.41, 5.74) is 7.49. The summed E-state index contributed by atoms with van der Waals surface area (Å²) in [5, 5.41) is 7.00. The second-order valence-corrected chi connectivity index (χ2v) is 5.50. The van der Waals surface area contributed by atoms with Gasteiger partial charge >= 0.3 is 0 Å². The molecule has 3 N–H and O–H groups in total. The largest absolute Gasteiger partial charge is 0.369 e. The average molecular weight is 298 g/mol. The highest BCUT2D eigenvalue weighted by Crippen LogP contribution is 2.21. The number of nitrogens with two attached hydrogens (primary N) is 1. The number of H-pyrrole nitrogens is 1. The molecule has 0 radical (unpaired) electrons. The molecule has 0 bridgehead atoms. The van der Waals surface area contributed by atoms with E-state index in [0.29, 0.717) is 31.6 Å². The summed E-state index contributed by atoms with van der Waals surface area (Å²) in [6, 6.07) is 11.5. The van der Waals surface area contributed by atoms with Gasteiger partial charge in [0.05, 0.1) is 5.69 Å². The quantitative estimate of drug-likeness (QED) is 0.897. The van der Waals surface area contributed by atoms with Crippen molar-refractivity contribution in [1.29, 1.82) is 0 Å². The van der Waals surface area contributed by atoms with Gasteiger partial charge in [0.1, 0.15) is 5.69 Å². The number of carbonyl (C=O) groups is 2. The van der Waals surface area contributed by atoms with Gasteiger partial charge in [-0.15, -0.1) is 0 Å². The lowest BCUT2D eigenvalue weighted by Gasteiger charge is -2.30. The molecule has 1 aliphatic rings. The molecule has 2 amide bonds. The van der Waals surface area contributed by atoms with E-state index in [0.717, 1.165) is 11.3 Å². The van der Waals surface area contributed by atoms with E-state index in [4.69, 9.17) is 5.73 Å². The van der Waals surface area contributed by atoms with Gasteiger partial charge in [0, 0.05) is 24.6 Å². The summed E-state index contributed by atoms with van der Waals surface area (Å²) in [6.07, 6.45) is 1.25. The fourth-order valence-electron chi connectivity index (χ4n) is 2.73. The molecule has 0 atom stereocenters. The molecule has 1 fully saturated rings. The van der Waals surface area contributed by atoms with E-state index in [1.807, 2.05) is 30.3 Å². The standard InChI is InChI=1S/C16H18N4O2/c17-15(21)12-6-8-20(9-7-12)16(22)14-10-13(18-19-14)11-4-2-1-3-5-11/h1-5,10,12H,6-9H2,(H2,17,21)(H,18,19). The summed E-state index contributed by atoms with van der Waals surface area (Å²) in [5.74, 6) is -0.483. The highest BCUT2D eigenvalue weighted by Gasteiger charge is 2.27. The maximum absolute atomic E-state index is 12.5. The highest BCUT2D eigenvalue weighted by atomic mass is 16.2. The van der Waals surface area contributed by atoms with Gasteiger partial charge in [-0.25, -0.2) is 0 Å². The lowest BCUT2D eigenvalue weighted by Crippen LogP contribution is -2.41. The predicted molar refractivity (Wildman–Crippen MR) is 81.8 cm³/mol. The molecule has 6 heteroatoms. The zero-order valence-electron chi connectivity index (χ0n) is 12.2. The average Bonchev–Trinajstić information content (AvgIpc) is 3.05. The number of carbonyl (C=O) groups excluding carboxylic acids is 2. The molecule has 1 saturated heterocycles. The van der Waals surface area contributed by atoms with Crippen LogP contribution in [0.1, 0.15) is 23.3 Å². The molecule has 2 aromatic rings. The van der Waals surface area contributed by atoms with Crippen molar-refractivity contribution < 1.29 is 9.59 Å². The maximum Gasteiger partial charge on any atom is 0.271 e. The molecule has 1 aliphatic heterocycles. The van der Waals surface area contributed by atoms with Gasteiger partial charge < -0.3 is 10.6 Å². The summed E-state index contributed by atoms with van der Waals surface area (Å²) in [4.78, 5) is 25.4. The molecule has 114 valence electrons. The van der Waals surface area contributed by atoms with Crippen molar-refractivity contribution in [1.82, 2.24) is 15.1 Å². The van der Waals surface area contributed by atoms with E-state index in [2.05, 4.69) is 10.2 Å². The van der Waals surface area contributed by atoms with Crippen molar-refractivity contribution in [2.75, 3.05) is 13.1 Å². The number of aromatic amines is 1. The van der Waals surface area contributed by atoms with Crippen LogP contribution in [0.4, 0.5) is 0 Å². The number of aromatic nitrogens is 2. The van der Waals surface area contributed by atoms with Crippen molar-refractivity contribution in [2.24, 2.45) is 11.7 Å². The molecular weight excluding hydrogens is 280 g/mol. The number of nitrogens with zero attached hydrogens (tertiary/aromatic N) is 2. The topological polar surface area (TPSA) is 92.1 Å². The zero-order valence-corrected chi connectivity index (χ0v) is 12.2. The number of amides is 2. The van der Waals surface area contributed by atoms with Crippen LogP contribution in [-0.2, 0) is 4.79 Å². The molecule has 1 aromatic heterocycles. The van der Waals surface area contributed by atoms with E-state index in [-0.39, 0.29) is 17.7 Å². The second kappa shape index (κ2) is 6.01. The van der Waals surface area contributed by atoms with Crippen molar-refractivity contribution >= 4 is 11.8 Å². The number of primary amides is 1. The third-order valence-corrected chi connectivity index (χ3v) is 4.06. The second-order valence-electron chi connectivity index (χ2n) is 5.50. The third kappa shape index (κ3) is 2.86. The van der Waals surface area contributed by atoms with Crippen molar-refractivity contribution in [3.05, 3.63) is 42.1 Å². The maximum atomic E-state index is 12.5. The molecular formula is C16H18N4O2. The molecule has 0 unspecified atom stereocenters. The van der Waals surface area contributed by atoms with Gasteiger partial charge in [0.15, 0.2) is 0 Å². The van der Waals surface area contributed by atoms with Crippen LogP contribution in [0.3, 0.4) is 0 Å². The van der Waals surface area contributed by atoms with Crippen LogP contribution in [0.25, 0.3) is 11.3 Å². The molecule has 1 aromatic carbocycles. The normalized spacial score (nSPS) is 15.7. The fourth-order valence-corrected chi connectivity index (χ4v) is 2.73. The third-order valence-electron chi connectivity index (χ3n) is 4.06. The van der Waals surface area contributed by atoms with Gasteiger partial charge in [0.2, 0.25) is 5.91 Å². The Balaban J connectivity index is 1.69. The first-order valence-electron chi connectivity index (χ1n) is 7.34. The first-order chi connectivity index (χ1) is 10.6. The molecule has 22 heavy (non-hydrogen) atoms. The van der Waals surface area contributed by atoms with Crippen LogP contribution in [0.2, 0.25) is 0 Å². The number of likely N-dealkylation sites (tertiary alicyclic amines) is 1. The molecule has 3 rings (SSSR count). The van der Waals surface area contributed by atoms with Crippen LogP contribution in [-0.4, -0.2) is 40.0 Å². The molecule has 6 nitrogen and oxygen atoms in total. The highest BCUT2D eigenvalue weighted by molar-refractivity contribution is 5.93. The van der Waals surface area contributed by atoms with Crippen LogP contribution < -0.4 is 5.73 Å². The summed E-state index contributed by atoms with van der Waals surface area (Å²) < 4.78 is 0. The van der Waals surface area contributed by atoms with Crippen LogP contribution >= 0.6 is 0 Å². The number of benzene rings is 1. The summed E-state index contributed by atoms with van der Waals surface area (Å²) in [7, 11) is 0. The Bertz CT molecular complexity index is 672. The Kier molecular flexibility index (Phi) is 3.91. The smallest absolute Gasteiger partial charge is 0.271 e. The monoisotopic (exact) mass is 298 g/mol. The van der Waals surface area contributed by atoms with E-state index in [9.17, 15) is 9.59 Å². The van der Waals surface area contributed by atoms with Crippen molar-refractivity contribution in [2.45, 2.75) is 12.8 Å². The first-order valence-corrected chi connectivity index (χ1v) is 7.34. The number of hydrogen-bond acceptors (Lipinski definition) is 3. The summed E-state index contributed by atoms with van der Waals surface area (Å²) >= 11 is 0. The minimum Gasteiger partial charge on any atom is -0.369 e. The minimum atomic E-state index is -0.278. The molecule has 0 aliphatic carbocycles. The van der Waals surface area contributed by atoms with E-state index in [1.54, 1.807) is 11.0 Å². The predicted octanol–water partition coefficient (Wildman–Crippen LogP) is 1.41. The van der Waals surface area contributed by atoms with E-state index in [1.165, 1.54) is 0 Å². The number of hydrogen-bond donors (Lipinski definition) is 2. The van der Waals surface area contributed by atoms with E-state index >= 15 is 0 Å². The van der Waals surface area contributed by atoms with Crippen molar-refractivity contribution in [3.63, 3.8) is 0 Å². The van der Waals surface area contributed by atoms with Crippen LogP contribution in [0, 0.1) is 5.92 Å². The summed E-state index contributed by atoms with van der Waals surface area (Å²) in [6.45, 7) is 1.10. The van der Waals surface area contributed by atoms with Gasteiger partial charge in [0.25, 0.3) is 5.91 Å². The first kappa shape index (κ1) is 14.3. The lowest BCUT2D eigenvalue weighted by molar-refractivity contribution is -0.123. The van der Waals surface area contributed by atoms with Gasteiger partial charge in [-0.05, 0) is 18.9 Å². The molecule has 2 heterocycles. The minimum absolute atomic E-state index is 0.0856. The van der Waals surface area contributed by atoms with Gasteiger partial charge in [-0.2, -0.15) is 5.10 Å². The Morgan fingerprint density at radius 1 is 1.18 bits per heavy atom. The van der Waals surface area contributed by atoms with Gasteiger partial charge in [-0.3, -0.25) is 14.7 Å². The molecule has 0 saturated carbocycles. The fraction of sp³-hybridized carbons (Fsp3) is 0.312. The zero-order chi connectivity index (χ0) is 15.5. The van der Waals surface area contributed by atoms with Crippen molar-refractivity contribution in [3.8, 4) is 11.3 Å².